The quantitative estimate of drug-likeness (QED) is 0.551. The Kier molecular flexibility index (Phi) is 5.96. The number of aryl methyl sites for hydroxylation is 1. The lowest BCUT2D eigenvalue weighted by Gasteiger charge is -1.88. The van der Waals surface area contributed by atoms with Crippen molar-refractivity contribution < 1.29 is 0 Å². The first kappa shape index (κ1) is 10.5. The van der Waals surface area contributed by atoms with Crippen molar-refractivity contribution in [3.63, 3.8) is 0 Å². The monoisotopic (exact) mass is 170 g/mol. The van der Waals surface area contributed by atoms with E-state index in [9.17, 15) is 0 Å². The first-order valence-electron chi connectivity index (χ1n) is 3.92. The minimum Gasteiger partial charge on any atom is -0.0843 e. The molecule has 0 aliphatic carbocycles. The van der Waals surface area contributed by atoms with Crippen LogP contribution >= 0.6 is 11.6 Å². The van der Waals surface area contributed by atoms with Crippen molar-refractivity contribution in [2.45, 2.75) is 27.2 Å². The zero-order chi connectivity index (χ0) is 8.69. The van der Waals surface area contributed by atoms with Crippen LogP contribution in [0, 0.1) is 6.92 Å². The lowest BCUT2D eigenvalue weighted by Crippen LogP contribution is -1.66. The van der Waals surface area contributed by atoms with Gasteiger partial charge in [-0.3, -0.25) is 0 Å². The van der Waals surface area contributed by atoms with Crippen LogP contribution in [0.2, 0.25) is 5.02 Å². The number of halogens is 1. The van der Waals surface area contributed by atoms with E-state index in [4.69, 9.17) is 11.6 Å². The molecule has 0 atom stereocenters. The number of benzene rings is 1. The van der Waals surface area contributed by atoms with Crippen LogP contribution in [0.3, 0.4) is 0 Å². The van der Waals surface area contributed by atoms with E-state index in [1.54, 1.807) is 0 Å². The van der Waals surface area contributed by atoms with Crippen LogP contribution in [0.15, 0.2) is 24.3 Å². The maximum Gasteiger partial charge on any atom is 0.0406 e. The molecular weight excluding hydrogens is 156 g/mol. The average molecular weight is 171 g/mol. The van der Waals surface area contributed by atoms with Gasteiger partial charge in [0.15, 0.2) is 0 Å². The molecule has 0 N–H and O–H groups in total. The number of hydrogen-bond donors (Lipinski definition) is 0. The summed E-state index contributed by atoms with van der Waals surface area (Å²) in [7, 11) is 0. The highest BCUT2D eigenvalue weighted by molar-refractivity contribution is 6.30. The van der Waals surface area contributed by atoms with Crippen LogP contribution < -0.4 is 0 Å². The summed E-state index contributed by atoms with van der Waals surface area (Å²) >= 11 is 5.61. The zero-order valence-corrected chi connectivity index (χ0v) is 8.15. The largest absolute Gasteiger partial charge is 0.0843 e. The van der Waals surface area contributed by atoms with Crippen molar-refractivity contribution in [1.82, 2.24) is 0 Å². The molecule has 1 heteroatoms. The van der Waals surface area contributed by atoms with Crippen LogP contribution in [0.4, 0.5) is 0 Å². The van der Waals surface area contributed by atoms with Gasteiger partial charge < -0.3 is 0 Å². The zero-order valence-electron chi connectivity index (χ0n) is 7.39. The van der Waals surface area contributed by atoms with Gasteiger partial charge in [-0.05, 0) is 19.1 Å². The van der Waals surface area contributed by atoms with E-state index in [-0.39, 0.29) is 0 Å². The number of hydrogen-bond acceptors (Lipinski definition) is 0. The summed E-state index contributed by atoms with van der Waals surface area (Å²) < 4.78 is 0. The van der Waals surface area contributed by atoms with Gasteiger partial charge in [-0.15, -0.1) is 0 Å². The fraction of sp³-hybridized carbons (Fsp3) is 0.400. The molecule has 0 aliphatic heterocycles. The minimum absolute atomic E-state index is 0.801. The van der Waals surface area contributed by atoms with Gasteiger partial charge in [-0.2, -0.15) is 0 Å². The molecule has 0 nitrogen and oxygen atoms in total. The average Bonchev–Trinajstić information content (AvgIpc) is 1.97. The first-order valence-corrected chi connectivity index (χ1v) is 4.30. The standard InChI is InChI=1S/C7H7Cl.C3H8/c1-6-2-4-7(8)5-3-6;1-3-2/h2-5H,1H3;3H2,1-2H3. The second-order valence-electron chi connectivity index (χ2n) is 2.50. The summed E-state index contributed by atoms with van der Waals surface area (Å²) in [6.07, 6.45) is 1.25. The summed E-state index contributed by atoms with van der Waals surface area (Å²) in [5.74, 6) is 0. The molecule has 0 aliphatic rings. The highest BCUT2D eigenvalue weighted by Crippen LogP contribution is 2.07. The maximum atomic E-state index is 5.61. The van der Waals surface area contributed by atoms with Crippen molar-refractivity contribution in [2.24, 2.45) is 0 Å². The van der Waals surface area contributed by atoms with E-state index in [0.717, 1.165) is 5.02 Å². The second kappa shape index (κ2) is 6.23. The molecule has 0 saturated carbocycles. The Hall–Kier alpha value is -0.490. The van der Waals surface area contributed by atoms with E-state index < -0.39 is 0 Å². The van der Waals surface area contributed by atoms with Crippen LogP contribution in [-0.2, 0) is 0 Å². The second-order valence-corrected chi connectivity index (χ2v) is 2.94. The molecule has 0 heterocycles. The molecule has 0 unspecified atom stereocenters. The van der Waals surface area contributed by atoms with E-state index in [1.165, 1.54) is 12.0 Å². The summed E-state index contributed by atoms with van der Waals surface area (Å²) in [4.78, 5) is 0. The molecule has 1 aromatic carbocycles. The van der Waals surface area contributed by atoms with Gasteiger partial charge in [-0.1, -0.05) is 49.6 Å². The Balaban J connectivity index is 0.000000292. The predicted octanol–water partition coefficient (Wildman–Crippen LogP) is 4.06. The fourth-order valence-electron chi connectivity index (χ4n) is 0.533. The van der Waals surface area contributed by atoms with Gasteiger partial charge in [0, 0.05) is 5.02 Å². The van der Waals surface area contributed by atoms with Gasteiger partial charge in [-0.25, -0.2) is 0 Å². The van der Waals surface area contributed by atoms with Gasteiger partial charge in [0.25, 0.3) is 0 Å². The SMILES string of the molecule is CCC.Cc1ccc(Cl)cc1. The molecule has 0 bridgehead atoms. The predicted molar refractivity (Wildman–Crippen MR) is 52.2 cm³/mol. The summed E-state index contributed by atoms with van der Waals surface area (Å²) in [5.41, 5.74) is 1.24. The topological polar surface area (TPSA) is 0 Å². The molecule has 0 saturated heterocycles. The molecule has 62 valence electrons. The molecule has 11 heavy (non-hydrogen) atoms. The Morgan fingerprint density at radius 2 is 1.45 bits per heavy atom. The Bertz CT molecular complexity index is 156. The van der Waals surface area contributed by atoms with E-state index in [0.29, 0.717) is 0 Å². The maximum absolute atomic E-state index is 5.61. The van der Waals surface area contributed by atoms with Crippen molar-refractivity contribution in [3.8, 4) is 0 Å². The van der Waals surface area contributed by atoms with Gasteiger partial charge in [0.2, 0.25) is 0 Å². The first-order chi connectivity index (χ1) is 5.20. The third-order valence-corrected chi connectivity index (χ3v) is 1.26. The van der Waals surface area contributed by atoms with Gasteiger partial charge >= 0.3 is 0 Å². The molecule has 0 radical (unpaired) electrons. The third-order valence-electron chi connectivity index (χ3n) is 1.01. The highest BCUT2D eigenvalue weighted by atomic mass is 35.5. The smallest absolute Gasteiger partial charge is 0.0406 e. The summed E-state index contributed by atoms with van der Waals surface area (Å²) in [5, 5.41) is 0.801. The number of rotatable bonds is 0. The molecule has 0 fully saturated rings. The van der Waals surface area contributed by atoms with Crippen LogP contribution in [0.5, 0.6) is 0 Å². The minimum atomic E-state index is 0.801. The molecule has 1 aromatic rings. The van der Waals surface area contributed by atoms with Crippen molar-refractivity contribution >= 4 is 11.6 Å². The van der Waals surface area contributed by atoms with E-state index >= 15 is 0 Å². The van der Waals surface area contributed by atoms with Crippen molar-refractivity contribution in [2.75, 3.05) is 0 Å². The van der Waals surface area contributed by atoms with Gasteiger partial charge in [0.1, 0.15) is 0 Å². The molecule has 0 amide bonds. The molecule has 1 rings (SSSR count). The van der Waals surface area contributed by atoms with E-state index in [2.05, 4.69) is 13.8 Å². The summed E-state index contributed by atoms with van der Waals surface area (Å²) in [6, 6.07) is 7.75. The van der Waals surface area contributed by atoms with Crippen molar-refractivity contribution in [3.05, 3.63) is 34.9 Å². The highest BCUT2D eigenvalue weighted by Gasteiger charge is 1.81. The van der Waals surface area contributed by atoms with E-state index in [1.807, 2.05) is 31.2 Å². The van der Waals surface area contributed by atoms with Crippen molar-refractivity contribution in [1.29, 1.82) is 0 Å². The lowest BCUT2D eigenvalue weighted by molar-refractivity contribution is 1.09. The summed E-state index contributed by atoms with van der Waals surface area (Å²) in [6.45, 7) is 6.29. The van der Waals surface area contributed by atoms with Gasteiger partial charge in [0.05, 0.1) is 0 Å². The Morgan fingerprint density at radius 3 is 1.73 bits per heavy atom. The molecule has 0 aromatic heterocycles. The molecule has 0 spiro atoms. The lowest BCUT2D eigenvalue weighted by atomic mass is 10.2. The Labute approximate surface area is 74.2 Å². The molecular formula is C10H15Cl. The van der Waals surface area contributed by atoms with Crippen LogP contribution in [0.25, 0.3) is 0 Å². The Morgan fingerprint density at radius 1 is 1.09 bits per heavy atom. The van der Waals surface area contributed by atoms with Crippen LogP contribution in [-0.4, -0.2) is 0 Å². The van der Waals surface area contributed by atoms with Crippen LogP contribution in [0.1, 0.15) is 25.8 Å². The fourth-order valence-corrected chi connectivity index (χ4v) is 0.659. The third kappa shape index (κ3) is 5.93. The normalized spacial score (nSPS) is 8.36.